The molecule has 116 valence electrons. The number of anilines is 3. The van der Waals surface area contributed by atoms with Crippen LogP contribution in [0.15, 0.2) is 48.0 Å². The normalized spacial score (nSPS) is 10.3. The van der Waals surface area contributed by atoms with Crippen LogP contribution >= 0.6 is 11.3 Å². The second-order valence-electron chi connectivity index (χ2n) is 4.75. The highest BCUT2D eigenvalue weighted by molar-refractivity contribution is 7.14. The number of rotatable bonds is 4. The molecule has 0 saturated carbocycles. The lowest BCUT2D eigenvalue weighted by atomic mass is 10.3. The third-order valence-corrected chi connectivity index (χ3v) is 3.78. The predicted octanol–water partition coefficient (Wildman–Crippen LogP) is 3.98. The summed E-state index contributed by atoms with van der Waals surface area (Å²) in [5, 5.41) is 6.06. The van der Waals surface area contributed by atoms with Crippen molar-refractivity contribution < 1.29 is 9.18 Å². The molecule has 3 rings (SSSR count). The molecule has 5 nitrogen and oxygen atoms in total. The molecule has 0 saturated heterocycles. The molecule has 0 unspecified atom stereocenters. The molecule has 7 heteroatoms. The fraction of sp³-hybridized carbons (Fsp3) is 0.0625. The maximum Gasteiger partial charge on any atom is 0.278 e. The molecule has 0 aliphatic heterocycles. The van der Waals surface area contributed by atoms with E-state index in [0.29, 0.717) is 16.5 Å². The Balaban J connectivity index is 1.80. The van der Waals surface area contributed by atoms with Crippen LogP contribution in [0, 0.1) is 12.7 Å². The number of benzene rings is 1. The van der Waals surface area contributed by atoms with E-state index in [1.54, 1.807) is 30.3 Å². The van der Waals surface area contributed by atoms with E-state index < -0.39 is 11.7 Å². The highest BCUT2D eigenvalue weighted by Crippen LogP contribution is 2.26. The molecule has 0 aliphatic carbocycles. The summed E-state index contributed by atoms with van der Waals surface area (Å²) < 4.78 is 13.7. The molecule has 3 aromatic rings. The molecule has 1 aromatic carbocycles. The lowest BCUT2D eigenvalue weighted by Crippen LogP contribution is -2.15. The van der Waals surface area contributed by atoms with E-state index in [1.807, 2.05) is 13.0 Å². The van der Waals surface area contributed by atoms with Gasteiger partial charge in [0, 0.05) is 5.69 Å². The average Bonchev–Trinajstić information content (AvgIpc) is 2.98. The lowest BCUT2D eigenvalue weighted by molar-refractivity contribution is 0.102. The highest BCUT2D eigenvalue weighted by Gasteiger charge is 2.16. The number of aryl methyl sites for hydroxylation is 1. The number of pyridine rings is 1. The average molecular weight is 328 g/mol. The van der Waals surface area contributed by atoms with Gasteiger partial charge in [0.1, 0.15) is 16.6 Å². The van der Waals surface area contributed by atoms with Crippen molar-refractivity contribution >= 4 is 33.8 Å². The molecule has 1 amide bonds. The third kappa shape index (κ3) is 3.51. The Morgan fingerprint density at radius 3 is 2.78 bits per heavy atom. The quantitative estimate of drug-likeness (QED) is 0.760. The number of carbonyl (C=O) groups is 1. The van der Waals surface area contributed by atoms with Crippen LogP contribution in [0.25, 0.3) is 0 Å². The fourth-order valence-electron chi connectivity index (χ4n) is 1.97. The van der Waals surface area contributed by atoms with Crippen LogP contribution in [0.4, 0.5) is 20.9 Å². The summed E-state index contributed by atoms with van der Waals surface area (Å²) in [5.41, 5.74) is 2.81. The Morgan fingerprint density at radius 2 is 2.00 bits per heavy atom. The fourth-order valence-corrected chi connectivity index (χ4v) is 2.66. The summed E-state index contributed by atoms with van der Waals surface area (Å²) in [6, 6.07) is 11.6. The van der Waals surface area contributed by atoms with E-state index in [2.05, 4.69) is 20.6 Å². The van der Waals surface area contributed by atoms with Gasteiger partial charge in [-0.05, 0) is 31.2 Å². The number of halogens is 1. The van der Waals surface area contributed by atoms with Gasteiger partial charge in [-0.1, -0.05) is 18.2 Å². The van der Waals surface area contributed by atoms with E-state index >= 15 is 0 Å². The van der Waals surface area contributed by atoms with Crippen molar-refractivity contribution in [3.63, 3.8) is 0 Å². The van der Waals surface area contributed by atoms with Gasteiger partial charge in [0.15, 0.2) is 5.69 Å². The van der Waals surface area contributed by atoms with Gasteiger partial charge < -0.3 is 10.6 Å². The summed E-state index contributed by atoms with van der Waals surface area (Å²) in [5.74, 6) is -0.351. The minimum atomic E-state index is -0.400. The molecule has 0 radical (unpaired) electrons. The topological polar surface area (TPSA) is 66.9 Å². The van der Waals surface area contributed by atoms with Gasteiger partial charge in [0.05, 0.1) is 11.2 Å². The van der Waals surface area contributed by atoms with E-state index in [9.17, 15) is 9.18 Å². The van der Waals surface area contributed by atoms with Crippen molar-refractivity contribution in [3.05, 3.63) is 65.2 Å². The van der Waals surface area contributed by atoms with E-state index in [0.717, 1.165) is 5.69 Å². The molecule has 2 heterocycles. The minimum absolute atomic E-state index is 0.196. The van der Waals surface area contributed by atoms with Crippen LogP contribution in [-0.4, -0.2) is 15.9 Å². The van der Waals surface area contributed by atoms with Crippen molar-refractivity contribution in [2.75, 3.05) is 10.6 Å². The standard InChI is InChI=1S/C16H13FN4OS/c1-10-5-4-8-13(19-10)21-15(22)14-16(23-9-18-14)20-12-7-3-2-6-11(12)17/h2-9,20H,1H3,(H,19,21,22). The van der Waals surface area contributed by atoms with Crippen molar-refractivity contribution in [1.82, 2.24) is 9.97 Å². The molecular weight excluding hydrogens is 315 g/mol. The third-order valence-electron chi connectivity index (χ3n) is 3.03. The van der Waals surface area contributed by atoms with Gasteiger partial charge >= 0.3 is 0 Å². The number of amides is 1. The van der Waals surface area contributed by atoms with Crippen LogP contribution in [0.3, 0.4) is 0 Å². The Hall–Kier alpha value is -2.80. The zero-order valence-corrected chi connectivity index (χ0v) is 13.0. The molecular formula is C16H13FN4OS. The van der Waals surface area contributed by atoms with Gasteiger partial charge in [0.2, 0.25) is 0 Å². The Labute approximate surface area is 136 Å². The highest BCUT2D eigenvalue weighted by atomic mass is 32.1. The Morgan fingerprint density at radius 1 is 1.17 bits per heavy atom. The molecule has 0 spiro atoms. The number of thiazole rings is 1. The van der Waals surface area contributed by atoms with Gasteiger partial charge in [-0.15, -0.1) is 11.3 Å². The molecule has 0 fully saturated rings. The first-order valence-electron chi connectivity index (χ1n) is 6.83. The Kier molecular flexibility index (Phi) is 4.29. The molecule has 0 aliphatic rings. The zero-order valence-electron chi connectivity index (χ0n) is 12.2. The van der Waals surface area contributed by atoms with E-state index in [-0.39, 0.29) is 5.69 Å². The van der Waals surface area contributed by atoms with Crippen LogP contribution < -0.4 is 10.6 Å². The summed E-state index contributed by atoms with van der Waals surface area (Å²) in [6.07, 6.45) is 0. The summed E-state index contributed by atoms with van der Waals surface area (Å²) >= 11 is 1.22. The van der Waals surface area contributed by atoms with Crippen molar-refractivity contribution in [2.45, 2.75) is 6.92 Å². The molecule has 0 bridgehead atoms. The Bertz CT molecular complexity index is 849. The monoisotopic (exact) mass is 328 g/mol. The number of para-hydroxylation sites is 1. The number of hydrogen-bond acceptors (Lipinski definition) is 5. The maximum atomic E-state index is 13.7. The largest absolute Gasteiger partial charge is 0.343 e. The first-order valence-corrected chi connectivity index (χ1v) is 7.71. The molecule has 2 N–H and O–H groups in total. The van der Waals surface area contributed by atoms with Crippen LogP contribution in [0.2, 0.25) is 0 Å². The first kappa shape index (κ1) is 15.1. The molecule has 2 aromatic heterocycles. The van der Waals surface area contributed by atoms with Gasteiger partial charge in [-0.3, -0.25) is 4.79 Å². The second-order valence-corrected chi connectivity index (χ2v) is 5.61. The molecule has 0 atom stereocenters. The van der Waals surface area contributed by atoms with Crippen LogP contribution in [0.1, 0.15) is 16.2 Å². The van der Waals surface area contributed by atoms with Gasteiger partial charge in [-0.2, -0.15) is 0 Å². The number of nitrogens with one attached hydrogen (secondary N) is 2. The SMILES string of the molecule is Cc1cccc(NC(=O)c2ncsc2Nc2ccccc2F)n1. The summed E-state index contributed by atoms with van der Waals surface area (Å²) in [4.78, 5) is 20.6. The first-order chi connectivity index (χ1) is 11.1. The van der Waals surface area contributed by atoms with Crippen LogP contribution in [0.5, 0.6) is 0 Å². The number of aromatic nitrogens is 2. The van der Waals surface area contributed by atoms with Crippen LogP contribution in [-0.2, 0) is 0 Å². The van der Waals surface area contributed by atoms with Gasteiger partial charge in [-0.25, -0.2) is 14.4 Å². The van der Waals surface area contributed by atoms with Crippen molar-refractivity contribution in [3.8, 4) is 0 Å². The lowest BCUT2D eigenvalue weighted by Gasteiger charge is -2.08. The number of carbonyl (C=O) groups excluding carboxylic acids is 1. The molecule has 23 heavy (non-hydrogen) atoms. The van der Waals surface area contributed by atoms with Crippen molar-refractivity contribution in [2.24, 2.45) is 0 Å². The number of hydrogen-bond donors (Lipinski definition) is 2. The zero-order chi connectivity index (χ0) is 16.2. The summed E-state index contributed by atoms with van der Waals surface area (Å²) in [6.45, 7) is 1.84. The smallest absolute Gasteiger partial charge is 0.278 e. The van der Waals surface area contributed by atoms with E-state index in [1.165, 1.54) is 22.9 Å². The van der Waals surface area contributed by atoms with Crippen molar-refractivity contribution in [1.29, 1.82) is 0 Å². The summed E-state index contributed by atoms with van der Waals surface area (Å²) in [7, 11) is 0. The van der Waals surface area contributed by atoms with Gasteiger partial charge in [0.25, 0.3) is 5.91 Å². The second kappa shape index (κ2) is 6.53. The van der Waals surface area contributed by atoms with E-state index in [4.69, 9.17) is 0 Å². The minimum Gasteiger partial charge on any atom is -0.343 e. The maximum absolute atomic E-state index is 13.7. The number of nitrogens with zero attached hydrogens (tertiary/aromatic N) is 2. The predicted molar refractivity (Wildman–Crippen MR) is 88.7 cm³/mol.